The molecule has 2 bridgehead atoms. The van der Waals surface area contributed by atoms with Crippen LogP contribution in [0.3, 0.4) is 0 Å². The molecule has 3 aliphatic carbocycles. The summed E-state index contributed by atoms with van der Waals surface area (Å²) >= 11 is 0. The summed E-state index contributed by atoms with van der Waals surface area (Å²) in [7, 11) is 0. The van der Waals surface area contributed by atoms with Gasteiger partial charge in [-0.3, -0.25) is 0 Å². The molecule has 0 amide bonds. The molecule has 1 spiro atoms. The van der Waals surface area contributed by atoms with Crippen molar-refractivity contribution in [2.45, 2.75) is 80.1 Å². The number of rotatable bonds is 2. The van der Waals surface area contributed by atoms with Crippen LogP contribution in [0.2, 0.25) is 0 Å². The van der Waals surface area contributed by atoms with Crippen LogP contribution in [0, 0.1) is 28.1 Å². The fourth-order valence-corrected chi connectivity index (χ4v) is 5.93. The van der Waals surface area contributed by atoms with Gasteiger partial charge >= 0.3 is 0 Å². The van der Waals surface area contributed by atoms with E-state index in [1.807, 2.05) is 11.1 Å². The summed E-state index contributed by atoms with van der Waals surface area (Å²) in [5, 5.41) is 0. The SMILES string of the molecule is CCC(C)C1=C2C(C)(C)[C@H]3CC[C@@]2(C3)C(C)(C)CC1. The molecule has 0 aromatic heterocycles. The Morgan fingerprint density at radius 3 is 2.47 bits per heavy atom. The minimum absolute atomic E-state index is 0.481. The second-order valence-corrected chi connectivity index (χ2v) is 8.84. The molecule has 3 atom stereocenters. The van der Waals surface area contributed by atoms with E-state index in [9.17, 15) is 0 Å². The Balaban J connectivity index is 2.20. The zero-order valence-corrected chi connectivity index (χ0v) is 13.9. The van der Waals surface area contributed by atoms with Crippen LogP contribution in [-0.2, 0) is 0 Å². The van der Waals surface area contributed by atoms with Crippen LogP contribution in [0.5, 0.6) is 0 Å². The van der Waals surface area contributed by atoms with Gasteiger partial charge in [0.05, 0.1) is 0 Å². The molecule has 2 saturated carbocycles. The van der Waals surface area contributed by atoms with Gasteiger partial charge in [-0.05, 0) is 66.6 Å². The molecule has 3 aliphatic rings. The topological polar surface area (TPSA) is 0 Å². The lowest BCUT2D eigenvalue weighted by molar-refractivity contribution is 0.0824. The Kier molecular flexibility index (Phi) is 2.81. The van der Waals surface area contributed by atoms with Gasteiger partial charge in [0.1, 0.15) is 0 Å². The lowest BCUT2D eigenvalue weighted by Gasteiger charge is -2.53. The van der Waals surface area contributed by atoms with Crippen molar-refractivity contribution >= 4 is 0 Å². The summed E-state index contributed by atoms with van der Waals surface area (Å²) in [4.78, 5) is 0. The van der Waals surface area contributed by atoms with E-state index in [0.717, 1.165) is 11.8 Å². The van der Waals surface area contributed by atoms with Crippen molar-refractivity contribution in [1.29, 1.82) is 0 Å². The first-order valence-electron chi connectivity index (χ1n) is 8.50. The first-order chi connectivity index (χ1) is 8.76. The van der Waals surface area contributed by atoms with E-state index in [2.05, 4.69) is 41.5 Å². The smallest absolute Gasteiger partial charge is 0.00256 e. The van der Waals surface area contributed by atoms with Gasteiger partial charge < -0.3 is 0 Å². The third-order valence-corrected chi connectivity index (χ3v) is 7.50. The van der Waals surface area contributed by atoms with Crippen LogP contribution in [-0.4, -0.2) is 0 Å². The van der Waals surface area contributed by atoms with E-state index in [4.69, 9.17) is 0 Å². The van der Waals surface area contributed by atoms with Gasteiger partial charge in [-0.15, -0.1) is 0 Å². The van der Waals surface area contributed by atoms with E-state index in [1.165, 1.54) is 38.5 Å². The molecular formula is C19H32. The van der Waals surface area contributed by atoms with Crippen LogP contribution in [0.15, 0.2) is 11.1 Å². The molecule has 3 rings (SSSR count). The normalized spacial score (nSPS) is 40.4. The predicted molar refractivity (Wildman–Crippen MR) is 83.1 cm³/mol. The van der Waals surface area contributed by atoms with Crippen molar-refractivity contribution in [2.75, 3.05) is 0 Å². The summed E-state index contributed by atoms with van der Waals surface area (Å²) in [5.41, 5.74) is 5.38. The number of fused-ring (bicyclic) bond motifs is 1. The lowest BCUT2D eigenvalue weighted by atomic mass is 9.51. The standard InChI is InChI=1S/C19H32/c1-7-13(2)15-9-10-17(3,4)19-11-8-14(12-19)18(5,6)16(15)19/h13-14H,7-12H2,1-6H3/t13?,14-,19-/m0/s1. The van der Waals surface area contributed by atoms with Crippen LogP contribution in [0.1, 0.15) is 80.1 Å². The molecule has 108 valence electrons. The lowest BCUT2D eigenvalue weighted by Crippen LogP contribution is -2.43. The summed E-state index contributed by atoms with van der Waals surface area (Å²) in [5.74, 6) is 1.76. The monoisotopic (exact) mass is 260 g/mol. The molecule has 0 heterocycles. The average Bonchev–Trinajstić information content (AvgIpc) is 2.86. The van der Waals surface area contributed by atoms with Crippen molar-refractivity contribution in [1.82, 2.24) is 0 Å². The molecular weight excluding hydrogens is 228 g/mol. The zero-order chi connectivity index (χ0) is 14.1. The van der Waals surface area contributed by atoms with Crippen molar-refractivity contribution in [3.05, 3.63) is 11.1 Å². The van der Waals surface area contributed by atoms with Gasteiger partial charge in [-0.25, -0.2) is 0 Å². The summed E-state index contributed by atoms with van der Waals surface area (Å²) in [6, 6.07) is 0. The molecule has 0 aromatic carbocycles. The molecule has 0 aromatic rings. The van der Waals surface area contributed by atoms with Crippen molar-refractivity contribution in [2.24, 2.45) is 28.1 Å². The maximum atomic E-state index is 2.56. The number of hydrogen-bond acceptors (Lipinski definition) is 0. The fraction of sp³-hybridized carbons (Fsp3) is 0.895. The molecule has 0 heteroatoms. The number of allylic oxidation sites excluding steroid dienone is 2. The molecule has 0 saturated heterocycles. The van der Waals surface area contributed by atoms with Gasteiger partial charge in [-0.1, -0.05) is 52.7 Å². The highest BCUT2D eigenvalue weighted by Crippen LogP contribution is 2.75. The Bertz CT molecular complexity index is 423. The Morgan fingerprint density at radius 2 is 1.84 bits per heavy atom. The summed E-state index contributed by atoms with van der Waals surface area (Å²) in [6.45, 7) is 15.1. The maximum absolute atomic E-state index is 2.56. The highest BCUT2D eigenvalue weighted by atomic mass is 14.7. The second kappa shape index (κ2) is 3.89. The minimum atomic E-state index is 0.481. The summed E-state index contributed by atoms with van der Waals surface area (Å²) < 4.78 is 0. The van der Waals surface area contributed by atoms with Crippen LogP contribution >= 0.6 is 0 Å². The van der Waals surface area contributed by atoms with E-state index in [1.54, 1.807) is 0 Å². The zero-order valence-electron chi connectivity index (χ0n) is 13.9. The molecule has 1 unspecified atom stereocenters. The molecule has 0 N–H and O–H groups in total. The van der Waals surface area contributed by atoms with Gasteiger partial charge in [0, 0.05) is 0 Å². The Morgan fingerprint density at radius 1 is 1.16 bits per heavy atom. The molecule has 0 nitrogen and oxygen atoms in total. The first kappa shape index (κ1) is 13.7. The van der Waals surface area contributed by atoms with E-state index < -0.39 is 0 Å². The summed E-state index contributed by atoms with van der Waals surface area (Å²) in [6.07, 6.45) is 8.55. The first-order valence-corrected chi connectivity index (χ1v) is 8.50. The molecule has 0 radical (unpaired) electrons. The predicted octanol–water partition coefficient (Wildman–Crippen LogP) is 5.98. The largest absolute Gasteiger partial charge is 0.0670 e. The van der Waals surface area contributed by atoms with E-state index in [-0.39, 0.29) is 0 Å². The van der Waals surface area contributed by atoms with Gasteiger partial charge in [-0.2, -0.15) is 0 Å². The third kappa shape index (κ3) is 1.52. The second-order valence-electron chi connectivity index (χ2n) is 8.84. The van der Waals surface area contributed by atoms with Gasteiger partial charge in [0.2, 0.25) is 0 Å². The van der Waals surface area contributed by atoms with Crippen LogP contribution < -0.4 is 0 Å². The quantitative estimate of drug-likeness (QED) is 0.536. The minimum Gasteiger partial charge on any atom is -0.0670 e. The highest BCUT2D eigenvalue weighted by Gasteiger charge is 2.65. The van der Waals surface area contributed by atoms with Crippen molar-refractivity contribution < 1.29 is 0 Å². The Hall–Kier alpha value is -0.260. The maximum Gasteiger partial charge on any atom is -0.00256 e. The van der Waals surface area contributed by atoms with Crippen molar-refractivity contribution in [3.8, 4) is 0 Å². The van der Waals surface area contributed by atoms with Crippen LogP contribution in [0.25, 0.3) is 0 Å². The van der Waals surface area contributed by atoms with Gasteiger partial charge in [0.25, 0.3) is 0 Å². The number of hydrogen-bond donors (Lipinski definition) is 0. The average molecular weight is 260 g/mol. The third-order valence-electron chi connectivity index (χ3n) is 7.50. The Labute approximate surface area is 120 Å². The molecule has 19 heavy (non-hydrogen) atoms. The van der Waals surface area contributed by atoms with Crippen molar-refractivity contribution in [3.63, 3.8) is 0 Å². The van der Waals surface area contributed by atoms with E-state index >= 15 is 0 Å². The van der Waals surface area contributed by atoms with Gasteiger partial charge in [0.15, 0.2) is 0 Å². The van der Waals surface area contributed by atoms with E-state index in [0.29, 0.717) is 16.2 Å². The molecule has 2 fully saturated rings. The fourth-order valence-electron chi connectivity index (χ4n) is 5.93. The molecule has 0 aliphatic heterocycles. The highest BCUT2D eigenvalue weighted by molar-refractivity contribution is 5.41. The van der Waals surface area contributed by atoms with Crippen LogP contribution in [0.4, 0.5) is 0 Å².